The van der Waals surface area contributed by atoms with E-state index in [-0.39, 0.29) is 16.7 Å². The van der Waals surface area contributed by atoms with Gasteiger partial charge in [-0.25, -0.2) is 0 Å². The monoisotopic (exact) mass is 413 g/mol. The fourth-order valence-electron chi connectivity index (χ4n) is 3.85. The fourth-order valence-corrected chi connectivity index (χ4v) is 5.08. The van der Waals surface area contributed by atoms with E-state index >= 15 is 0 Å². The van der Waals surface area contributed by atoms with Gasteiger partial charge < -0.3 is 15.0 Å². The number of piperidine rings is 1. The number of anilines is 1. The third kappa shape index (κ3) is 3.72. The van der Waals surface area contributed by atoms with Gasteiger partial charge in [0.2, 0.25) is 5.91 Å². The van der Waals surface area contributed by atoms with Gasteiger partial charge in [-0.2, -0.15) is 8.42 Å². The minimum absolute atomic E-state index is 0.103. The number of carbonyl (C=O) groups excluding carboxylic acids is 1. The maximum absolute atomic E-state index is 12.9. The van der Waals surface area contributed by atoms with Crippen molar-refractivity contribution < 1.29 is 17.9 Å². The zero-order valence-corrected chi connectivity index (χ0v) is 17.2. The van der Waals surface area contributed by atoms with E-state index in [1.807, 2.05) is 30.0 Å². The molecule has 1 atom stereocenters. The summed E-state index contributed by atoms with van der Waals surface area (Å²) in [5.74, 6) is 0.670. The molecule has 1 saturated heterocycles. The third-order valence-corrected chi connectivity index (χ3v) is 6.64. The van der Waals surface area contributed by atoms with Gasteiger partial charge in [0, 0.05) is 18.7 Å². The number of carbonyl (C=O) groups is 1. The Labute approximate surface area is 170 Å². The summed E-state index contributed by atoms with van der Waals surface area (Å²) in [5.41, 5.74) is 2.27. The number of methoxy groups -OCH3 is 1. The van der Waals surface area contributed by atoms with Crippen LogP contribution in [-0.2, 0) is 14.8 Å². The molecular formula is C21H23N3O4S. The summed E-state index contributed by atoms with van der Waals surface area (Å²) >= 11 is 0. The average Bonchev–Trinajstić information content (AvgIpc) is 3.00. The lowest BCUT2D eigenvalue weighted by Crippen LogP contribution is -2.43. The van der Waals surface area contributed by atoms with Crippen molar-refractivity contribution in [3.63, 3.8) is 0 Å². The maximum Gasteiger partial charge on any atom is 0.285 e. The number of nitrogens with one attached hydrogen (secondary N) is 1. The summed E-state index contributed by atoms with van der Waals surface area (Å²) < 4.78 is 34.0. The molecule has 0 bridgehead atoms. The highest BCUT2D eigenvalue weighted by Crippen LogP contribution is 2.31. The lowest BCUT2D eigenvalue weighted by atomic mass is 9.96. The Hall–Kier alpha value is -2.87. The van der Waals surface area contributed by atoms with Crippen molar-refractivity contribution in [3.8, 4) is 5.75 Å². The Balaban J connectivity index is 1.54. The average molecular weight is 413 g/mol. The molecular weight excluding hydrogens is 390 g/mol. The van der Waals surface area contributed by atoms with E-state index in [0.717, 1.165) is 18.4 Å². The van der Waals surface area contributed by atoms with E-state index in [1.165, 1.54) is 0 Å². The highest BCUT2D eigenvalue weighted by atomic mass is 32.2. The second kappa shape index (κ2) is 7.51. The van der Waals surface area contributed by atoms with Crippen LogP contribution in [0.2, 0.25) is 0 Å². The number of sulfonamides is 1. The van der Waals surface area contributed by atoms with Crippen molar-refractivity contribution >= 4 is 27.5 Å². The van der Waals surface area contributed by atoms with E-state index in [0.29, 0.717) is 35.9 Å². The van der Waals surface area contributed by atoms with Crippen molar-refractivity contribution in [2.75, 3.05) is 25.5 Å². The van der Waals surface area contributed by atoms with Crippen molar-refractivity contribution in [1.29, 1.82) is 0 Å². The molecule has 0 spiro atoms. The number of amides is 1. The van der Waals surface area contributed by atoms with Crippen molar-refractivity contribution in [1.82, 2.24) is 4.90 Å². The molecule has 0 aliphatic carbocycles. The first-order valence-electron chi connectivity index (χ1n) is 9.54. The van der Waals surface area contributed by atoms with Crippen LogP contribution in [-0.4, -0.2) is 45.3 Å². The molecule has 7 nitrogen and oxygen atoms in total. The number of ether oxygens (including phenoxy) is 1. The van der Waals surface area contributed by atoms with Gasteiger partial charge in [-0.3, -0.25) is 4.79 Å². The Morgan fingerprint density at radius 1 is 1.24 bits per heavy atom. The Bertz CT molecular complexity index is 1090. The van der Waals surface area contributed by atoms with Crippen molar-refractivity contribution in [3.05, 3.63) is 53.6 Å². The quantitative estimate of drug-likeness (QED) is 0.836. The molecule has 0 saturated carbocycles. The molecule has 2 aromatic rings. The molecule has 0 unspecified atom stereocenters. The number of fused-ring (bicyclic) bond motifs is 1. The summed E-state index contributed by atoms with van der Waals surface area (Å²) in [6.45, 7) is 3.04. The van der Waals surface area contributed by atoms with E-state index < -0.39 is 10.0 Å². The number of likely N-dealkylation sites (tertiary alicyclic amines) is 1. The molecule has 1 fully saturated rings. The lowest BCUT2D eigenvalue weighted by Gasteiger charge is -2.33. The van der Waals surface area contributed by atoms with Crippen LogP contribution in [0.15, 0.2) is 51.8 Å². The van der Waals surface area contributed by atoms with Gasteiger partial charge in [0.25, 0.3) is 10.0 Å². The van der Waals surface area contributed by atoms with Gasteiger partial charge >= 0.3 is 0 Å². The predicted molar refractivity (Wildman–Crippen MR) is 111 cm³/mol. The van der Waals surface area contributed by atoms with Crippen LogP contribution in [0.5, 0.6) is 5.75 Å². The SMILES string of the molecule is COc1ccc(C)cc1NC(=O)[C@H]1CCCN(C2=NS(=O)(=O)c3ccccc32)C1. The molecule has 4 rings (SSSR count). The van der Waals surface area contributed by atoms with Crippen LogP contribution < -0.4 is 10.1 Å². The third-order valence-electron chi connectivity index (χ3n) is 5.32. The molecule has 0 aromatic heterocycles. The Morgan fingerprint density at radius 2 is 2.03 bits per heavy atom. The van der Waals surface area contributed by atoms with E-state index in [1.54, 1.807) is 31.4 Å². The number of aryl methyl sites for hydroxylation is 1. The first-order valence-corrected chi connectivity index (χ1v) is 11.0. The number of nitrogens with zero attached hydrogens (tertiary/aromatic N) is 2. The highest BCUT2D eigenvalue weighted by Gasteiger charge is 2.35. The Morgan fingerprint density at radius 3 is 2.83 bits per heavy atom. The molecule has 0 radical (unpaired) electrons. The van der Waals surface area contributed by atoms with Crippen LogP contribution in [0.25, 0.3) is 0 Å². The highest BCUT2D eigenvalue weighted by molar-refractivity contribution is 7.90. The zero-order chi connectivity index (χ0) is 20.6. The van der Waals surface area contributed by atoms with Crippen LogP contribution in [0.4, 0.5) is 5.69 Å². The summed E-state index contributed by atoms with van der Waals surface area (Å²) in [6.07, 6.45) is 1.52. The summed E-state index contributed by atoms with van der Waals surface area (Å²) in [4.78, 5) is 15.1. The first kappa shape index (κ1) is 19.4. The summed E-state index contributed by atoms with van der Waals surface area (Å²) in [6, 6.07) is 12.4. The first-order chi connectivity index (χ1) is 13.9. The molecule has 1 N–H and O–H groups in total. The zero-order valence-electron chi connectivity index (χ0n) is 16.4. The van der Waals surface area contributed by atoms with E-state index in [2.05, 4.69) is 9.71 Å². The number of hydrogen-bond donors (Lipinski definition) is 1. The standard InChI is InChI=1S/C21H23N3O4S/c1-14-9-10-18(28-2)17(12-14)22-21(25)15-6-5-11-24(13-15)20-16-7-3-4-8-19(16)29(26,27)23-20/h3-4,7-10,12,15H,5-6,11,13H2,1-2H3,(H,22,25)/t15-/m0/s1. The van der Waals surface area contributed by atoms with Gasteiger partial charge in [-0.1, -0.05) is 18.2 Å². The van der Waals surface area contributed by atoms with E-state index in [9.17, 15) is 13.2 Å². The number of hydrogen-bond acceptors (Lipinski definition) is 5. The van der Waals surface area contributed by atoms with Gasteiger partial charge in [-0.15, -0.1) is 4.40 Å². The second-order valence-electron chi connectivity index (χ2n) is 7.36. The smallest absolute Gasteiger partial charge is 0.285 e. The van der Waals surface area contributed by atoms with Crippen LogP contribution in [0.3, 0.4) is 0 Å². The van der Waals surface area contributed by atoms with Gasteiger partial charge in [0.05, 0.1) is 18.7 Å². The summed E-state index contributed by atoms with van der Waals surface area (Å²) in [7, 11) is -2.11. The largest absolute Gasteiger partial charge is 0.495 e. The van der Waals surface area contributed by atoms with Crippen molar-refractivity contribution in [2.45, 2.75) is 24.7 Å². The fraction of sp³-hybridized carbons (Fsp3) is 0.333. The topological polar surface area (TPSA) is 88.1 Å². The molecule has 29 heavy (non-hydrogen) atoms. The molecule has 1 amide bonds. The van der Waals surface area contributed by atoms with Crippen molar-refractivity contribution in [2.24, 2.45) is 10.3 Å². The van der Waals surface area contributed by atoms with Crippen LogP contribution in [0.1, 0.15) is 24.0 Å². The maximum atomic E-state index is 12.9. The van der Waals surface area contributed by atoms with E-state index in [4.69, 9.17) is 4.74 Å². The minimum Gasteiger partial charge on any atom is -0.495 e. The van der Waals surface area contributed by atoms with Crippen LogP contribution >= 0.6 is 0 Å². The second-order valence-corrected chi connectivity index (χ2v) is 8.94. The molecule has 152 valence electrons. The minimum atomic E-state index is -3.67. The molecule has 2 heterocycles. The number of benzene rings is 2. The summed E-state index contributed by atoms with van der Waals surface area (Å²) in [5, 5.41) is 2.97. The molecule has 2 aromatic carbocycles. The molecule has 8 heteroatoms. The molecule has 2 aliphatic heterocycles. The predicted octanol–water partition coefficient (Wildman–Crippen LogP) is 2.80. The van der Waals surface area contributed by atoms with Gasteiger partial charge in [0.1, 0.15) is 10.6 Å². The lowest BCUT2D eigenvalue weighted by molar-refractivity contribution is -0.121. The van der Waals surface area contributed by atoms with Crippen LogP contribution in [0, 0.1) is 12.8 Å². The normalized spacial score (nSPS) is 20.0. The number of amidine groups is 1. The van der Waals surface area contributed by atoms with Gasteiger partial charge in [-0.05, 0) is 49.6 Å². The Kier molecular flexibility index (Phi) is 5.04. The number of rotatable bonds is 3. The van der Waals surface area contributed by atoms with Gasteiger partial charge in [0.15, 0.2) is 5.84 Å². The molecule has 2 aliphatic rings.